The molecule has 7 nitrogen and oxygen atoms in total. The predicted octanol–water partition coefficient (Wildman–Crippen LogP) is 1.89. The maximum absolute atomic E-state index is 11.9. The SMILES string of the molecule is CN(C)C(=O)CNC(=NCc1ccccc1)NCC1COC2(CCCCC2)O1. The Hall–Kier alpha value is -2.12. The summed E-state index contributed by atoms with van der Waals surface area (Å²) in [7, 11) is 3.48. The lowest BCUT2D eigenvalue weighted by molar-refractivity contribution is -0.186. The maximum atomic E-state index is 11.9. The first kappa shape index (κ1) is 20.6. The zero-order chi connectivity index (χ0) is 19.8. The van der Waals surface area contributed by atoms with Crippen LogP contribution in [0.1, 0.15) is 37.7 Å². The van der Waals surface area contributed by atoms with Crippen LogP contribution in [0.2, 0.25) is 0 Å². The molecule has 1 aromatic carbocycles. The first-order valence-electron chi connectivity index (χ1n) is 10.1. The number of ether oxygens (including phenoxy) is 2. The minimum atomic E-state index is -0.375. The zero-order valence-electron chi connectivity index (χ0n) is 16.9. The molecule has 1 heterocycles. The van der Waals surface area contributed by atoms with Crippen molar-refractivity contribution in [2.75, 3.05) is 33.8 Å². The topological polar surface area (TPSA) is 75.2 Å². The van der Waals surface area contributed by atoms with Gasteiger partial charge in [0.1, 0.15) is 6.10 Å². The lowest BCUT2D eigenvalue weighted by Crippen LogP contribution is -2.45. The van der Waals surface area contributed by atoms with E-state index in [1.165, 1.54) is 6.42 Å². The van der Waals surface area contributed by atoms with Crippen molar-refractivity contribution in [3.05, 3.63) is 35.9 Å². The minimum Gasteiger partial charge on any atom is -0.354 e. The molecule has 1 saturated heterocycles. The third-order valence-electron chi connectivity index (χ3n) is 5.19. The van der Waals surface area contributed by atoms with E-state index >= 15 is 0 Å². The number of nitrogens with one attached hydrogen (secondary N) is 2. The van der Waals surface area contributed by atoms with Gasteiger partial charge in [0.25, 0.3) is 0 Å². The lowest BCUT2D eigenvalue weighted by Gasteiger charge is -2.31. The third-order valence-corrected chi connectivity index (χ3v) is 5.19. The second-order valence-corrected chi connectivity index (χ2v) is 7.70. The molecule has 1 unspecified atom stereocenters. The van der Waals surface area contributed by atoms with Gasteiger partial charge in [-0.25, -0.2) is 4.99 Å². The van der Waals surface area contributed by atoms with Gasteiger partial charge in [0.05, 0.1) is 19.7 Å². The summed E-state index contributed by atoms with van der Waals surface area (Å²) in [5.74, 6) is 0.225. The summed E-state index contributed by atoms with van der Waals surface area (Å²) < 4.78 is 12.2. The van der Waals surface area contributed by atoms with Gasteiger partial charge in [-0.1, -0.05) is 36.8 Å². The number of aliphatic imine (C=N–C) groups is 1. The highest BCUT2D eigenvalue weighted by Crippen LogP contribution is 2.37. The minimum absolute atomic E-state index is 0.00387. The molecule has 2 fully saturated rings. The van der Waals surface area contributed by atoms with Crippen molar-refractivity contribution >= 4 is 11.9 Å². The third kappa shape index (κ3) is 5.94. The number of benzene rings is 1. The van der Waals surface area contributed by atoms with Crippen molar-refractivity contribution in [2.45, 2.75) is 50.5 Å². The number of amides is 1. The Kier molecular flexibility index (Phi) is 7.28. The predicted molar refractivity (Wildman–Crippen MR) is 109 cm³/mol. The largest absolute Gasteiger partial charge is 0.354 e. The van der Waals surface area contributed by atoms with Crippen LogP contribution in [0.5, 0.6) is 0 Å². The number of rotatable bonds is 6. The van der Waals surface area contributed by atoms with Gasteiger partial charge in [0, 0.05) is 33.5 Å². The van der Waals surface area contributed by atoms with E-state index in [0.717, 1.165) is 31.2 Å². The van der Waals surface area contributed by atoms with Crippen LogP contribution >= 0.6 is 0 Å². The van der Waals surface area contributed by atoms with Crippen LogP contribution in [0.15, 0.2) is 35.3 Å². The number of guanidine groups is 1. The molecule has 1 saturated carbocycles. The Morgan fingerprint density at radius 1 is 1.18 bits per heavy atom. The Bertz CT molecular complexity index is 657. The molecule has 1 aliphatic carbocycles. The summed E-state index contributed by atoms with van der Waals surface area (Å²) in [6.07, 6.45) is 5.54. The van der Waals surface area contributed by atoms with E-state index < -0.39 is 0 Å². The molecule has 1 amide bonds. The molecule has 3 rings (SSSR count). The van der Waals surface area contributed by atoms with E-state index in [0.29, 0.717) is 25.7 Å². The molecule has 7 heteroatoms. The quantitative estimate of drug-likeness (QED) is 0.575. The van der Waals surface area contributed by atoms with E-state index in [-0.39, 0.29) is 24.3 Å². The Morgan fingerprint density at radius 2 is 1.93 bits per heavy atom. The average Bonchev–Trinajstić information content (AvgIpc) is 3.10. The highest BCUT2D eigenvalue weighted by atomic mass is 16.7. The zero-order valence-corrected chi connectivity index (χ0v) is 16.9. The van der Waals surface area contributed by atoms with Crippen LogP contribution < -0.4 is 10.6 Å². The number of nitrogens with zero attached hydrogens (tertiary/aromatic N) is 2. The Balaban J connectivity index is 1.54. The molecule has 2 N–H and O–H groups in total. The molecule has 28 heavy (non-hydrogen) atoms. The van der Waals surface area contributed by atoms with Crippen molar-refractivity contribution in [1.82, 2.24) is 15.5 Å². The fraction of sp³-hybridized carbons (Fsp3) is 0.619. The van der Waals surface area contributed by atoms with E-state index in [4.69, 9.17) is 9.47 Å². The molecular weight excluding hydrogens is 356 g/mol. The van der Waals surface area contributed by atoms with Gasteiger partial charge in [0.2, 0.25) is 5.91 Å². The summed E-state index contributed by atoms with van der Waals surface area (Å²) >= 11 is 0. The summed E-state index contributed by atoms with van der Waals surface area (Å²) in [6.45, 7) is 1.92. The lowest BCUT2D eigenvalue weighted by atomic mass is 9.94. The van der Waals surface area contributed by atoms with Gasteiger partial charge in [-0.2, -0.15) is 0 Å². The molecule has 1 spiro atoms. The first-order valence-corrected chi connectivity index (χ1v) is 10.1. The molecule has 1 aromatic rings. The van der Waals surface area contributed by atoms with Gasteiger partial charge in [-0.15, -0.1) is 0 Å². The van der Waals surface area contributed by atoms with Crippen LogP contribution in [-0.4, -0.2) is 62.4 Å². The Labute approximate surface area is 167 Å². The second-order valence-electron chi connectivity index (χ2n) is 7.70. The maximum Gasteiger partial charge on any atom is 0.241 e. The first-order chi connectivity index (χ1) is 13.6. The monoisotopic (exact) mass is 388 g/mol. The molecule has 1 atom stereocenters. The molecule has 0 aromatic heterocycles. The second kappa shape index (κ2) is 9.89. The molecule has 2 aliphatic rings. The van der Waals surface area contributed by atoms with Gasteiger partial charge in [0.15, 0.2) is 11.7 Å². The van der Waals surface area contributed by atoms with Crippen molar-refractivity contribution in [2.24, 2.45) is 4.99 Å². The standard InChI is InChI=1S/C21H32N4O3/c1-25(2)19(26)15-24-20(22-13-17-9-5-3-6-10-17)23-14-18-16-27-21(28-18)11-7-4-8-12-21/h3,5-6,9-10,18H,4,7-8,11-16H2,1-2H3,(H2,22,23,24). The van der Waals surface area contributed by atoms with Crippen molar-refractivity contribution < 1.29 is 14.3 Å². The highest BCUT2D eigenvalue weighted by molar-refractivity contribution is 5.86. The summed E-state index contributed by atoms with van der Waals surface area (Å²) in [5.41, 5.74) is 1.11. The fourth-order valence-electron chi connectivity index (χ4n) is 3.53. The van der Waals surface area contributed by atoms with Crippen LogP contribution in [0.4, 0.5) is 0 Å². The van der Waals surface area contributed by atoms with Gasteiger partial charge in [-0.05, 0) is 18.4 Å². The van der Waals surface area contributed by atoms with Gasteiger partial charge in [-0.3, -0.25) is 4.79 Å². The van der Waals surface area contributed by atoms with Crippen molar-refractivity contribution in [3.63, 3.8) is 0 Å². The van der Waals surface area contributed by atoms with Crippen LogP contribution in [-0.2, 0) is 20.8 Å². The average molecular weight is 389 g/mol. The highest BCUT2D eigenvalue weighted by Gasteiger charge is 2.42. The molecular formula is C21H32N4O3. The van der Waals surface area contributed by atoms with E-state index in [1.807, 2.05) is 30.3 Å². The van der Waals surface area contributed by atoms with Crippen LogP contribution in [0, 0.1) is 0 Å². The van der Waals surface area contributed by atoms with E-state index in [9.17, 15) is 4.79 Å². The molecule has 1 aliphatic heterocycles. The van der Waals surface area contributed by atoms with E-state index in [1.54, 1.807) is 19.0 Å². The van der Waals surface area contributed by atoms with Crippen molar-refractivity contribution in [1.29, 1.82) is 0 Å². The van der Waals surface area contributed by atoms with Gasteiger partial charge < -0.3 is 25.0 Å². The van der Waals surface area contributed by atoms with Gasteiger partial charge >= 0.3 is 0 Å². The van der Waals surface area contributed by atoms with E-state index in [2.05, 4.69) is 15.6 Å². The molecule has 0 radical (unpaired) electrons. The smallest absolute Gasteiger partial charge is 0.241 e. The van der Waals surface area contributed by atoms with Crippen LogP contribution in [0.3, 0.4) is 0 Å². The number of hydrogen-bond acceptors (Lipinski definition) is 4. The van der Waals surface area contributed by atoms with Crippen LogP contribution in [0.25, 0.3) is 0 Å². The van der Waals surface area contributed by atoms with Crippen molar-refractivity contribution in [3.8, 4) is 0 Å². The summed E-state index contributed by atoms with van der Waals surface area (Å²) in [5, 5.41) is 6.43. The Morgan fingerprint density at radius 3 is 2.64 bits per heavy atom. The number of carbonyl (C=O) groups is 1. The number of carbonyl (C=O) groups excluding carboxylic acids is 1. The molecule has 0 bridgehead atoms. The number of hydrogen-bond donors (Lipinski definition) is 2. The normalized spacial score (nSPS) is 21.5. The summed E-state index contributed by atoms with van der Waals surface area (Å²) in [4.78, 5) is 18.1. The fourth-order valence-corrected chi connectivity index (χ4v) is 3.53. The summed E-state index contributed by atoms with van der Waals surface area (Å²) in [6, 6.07) is 10.0. The molecule has 154 valence electrons. The number of likely N-dealkylation sites (N-methyl/N-ethyl adjacent to an activating group) is 1.